The molecule has 0 unspecified atom stereocenters. The van der Waals surface area contributed by atoms with Crippen molar-refractivity contribution >= 4 is 0 Å². The van der Waals surface area contributed by atoms with Gasteiger partial charge in [0.15, 0.2) is 0 Å². The molecule has 0 saturated carbocycles. The topological polar surface area (TPSA) is 23.5 Å². The van der Waals surface area contributed by atoms with Crippen LogP contribution in [0.2, 0.25) is 0 Å². The van der Waals surface area contributed by atoms with Gasteiger partial charge in [0.1, 0.15) is 0 Å². The van der Waals surface area contributed by atoms with Gasteiger partial charge in [0.2, 0.25) is 0 Å². The predicted octanol–water partition coefficient (Wildman–Crippen LogP) is 1.49. The second-order valence-corrected chi connectivity index (χ2v) is 4.30. The number of aliphatic hydroxyl groups excluding tert-OH is 1. The number of hydrogen-bond donors (Lipinski definition) is 1. The summed E-state index contributed by atoms with van der Waals surface area (Å²) in [7, 11) is 0. The minimum Gasteiger partial charge on any atom is -0.392 e. The zero-order chi connectivity index (χ0) is 9.14. The van der Waals surface area contributed by atoms with Gasteiger partial charge in [0, 0.05) is 19.1 Å². The van der Waals surface area contributed by atoms with E-state index in [1.165, 1.54) is 6.42 Å². The van der Waals surface area contributed by atoms with Gasteiger partial charge in [0.05, 0.1) is 6.10 Å². The quantitative estimate of drug-likeness (QED) is 0.695. The van der Waals surface area contributed by atoms with Crippen LogP contribution in [-0.2, 0) is 0 Å². The summed E-state index contributed by atoms with van der Waals surface area (Å²) >= 11 is 0. The summed E-state index contributed by atoms with van der Waals surface area (Å²) in [5.74, 6) is 0.712. The summed E-state index contributed by atoms with van der Waals surface area (Å²) in [4.78, 5) is 2.43. The molecular formula is C10H21NO. The molecular weight excluding hydrogens is 150 g/mol. The normalized spacial score (nSPS) is 31.8. The summed E-state index contributed by atoms with van der Waals surface area (Å²) in [6.07, 6.45) is 2.07. The van der Waals surface area contributed by atoms with Crippen LogP contribution in [0.15, 0.2) is 0 Å². The van der Waals surface area contributed by atoms with Gasteiger partial charge in [-0.1, -0.05) is 20.8 Å². The molecule has 2 heteroatoms. The Morgan fingerprint density at radius 1 is 1.50 bits per heavy atom. The second kappa shape index (κ2) is 4.24. The van der Waals surface area contributed by atoms with Crippen molar-refractivity contribution in [3.05, 3.63) is 0 Å². The third kappa shape index (κ3) is 2.46. The van der Waals surface area contributed by atoms with E-state index in [4.69, 9.17) is 0 Å². The molecule has 1 aliphatic rings. The van der Waals surface area contributed by atoms with Crippen LogP contribution in [0, 0.1) is 5.92 Å². The molecule has 1 N–H and O–H groups in total. The molecule has 0 aliphatic carbocycles. The predicted molar refractivity (Wildman–Crippen MR) is 51.1 cm³/mol. The first kappa shape index (κ1) is 10.0. The molecule has 2 nitrogen and oxygen atoms in total. The second-order valence-electron chi connectivity index (χ2n) is 4.30. The van der Waals surface area contributed by atoms with E-state index in [2.05, 4.69) is 25.7 Å². The molecule has 0 radical (unpaired) electrons. The lowest BCUT2D eigenvalue weighted by Gasteiger charge is -2.24. The molecule has 0 aromatic heterocycles. The molecule has 1 heterocycles. The standard InChI is InChI=1S/C10H21NO/c1-4-9-5-10(12)7-11(9)6-8(2)3/h8-10,12H,4-7H2,1-3H3/t9-,10-/m1/s1. The van der Waals surface area contributed by atoms with Crippen molar-refractivity contribution in [2.75, 3.05) is 13.1 Å². The maximum Gasteiger partial charge on any atom is 0.0682 e. The first-order valence-corrected chi connectivity index (χ1v) is 5.05. The van der Waals surface area contributed by atoms with Crippen LogP contribution in [-0.4, -0.2) is 35.2 Å². The van der Waals surface area contributed by atoms with Crippen LogP contribution in [0.4, 0.5) is 0 Å². The Labute approximate surface area is 75.6 Å². The molecule has 12 heavy (non-hydrogen) atoms. The fourth-order valence-corrected chi connectivity index (χ4v) is 2.07. The summed E-state index contributed by atoms with van der Waals surface area (Å²) in [6.45, 7) is 8.69. The van der Waals surface area contributed by atoms with E-state index in [0.29, 0.717) is 12.0 Å². The van der Waals surface area contributed by atoms with Gasteiger partial charge in [-0.05, 0) is 18.8 Å². The first-order valence-electron chi connectivity index (χ1n) is 5.05. The maximum atomic E-state index is 9.47. The SMILES string of the molecule is CC[C@@H]1C[C@@H](O)CN1CC(C)C. The molecule has 0 aromatic carbocycles. The lowest BCUT2D eigenvalue weighted by atomic mass is 10.1. The zero-order valence-electron chi connectivity index (χ0n) is 8.45. The van der Waals surface area contributed by atoms with Crippen molar-refractivity contribution in [2.45, 2.75) is 45.8 Å². The van der Waals surface area contributed by atoms with Gasteiger partial charge in [-0.2, -0.15) is 0 Å². The fourth-order valence-electron chi connectivity index (χ4n) is 2.07. The minimum absolute atomic E-state index is 0.0753. The molecule has 1 saturated heterocycles. The van der Waals surface area contributed by atoms with E-state index in [1.54, 1.807) is 0 Å². The van der Waals surface area contributed by atoms with E-state index < -0.39 is 0 Å². The highest BCUT2D eigenvalue weighted by molar-refractivity contribution is 4.84. The maximum absolute atomic E-state index is 9.47. The van der Waals surface area contributed by atoms with Crippen molar-refractivity contribution in [3.8, 4) is 0 Å². The first-order chi connectivity index (χ1) is 5.63. The number of aliphatic hydroxyl groups is 1. The number of likely N-dealkylation sites (tertiary alicyclic amines) is 1. The van der Waals surface area contributed by atoms with Gasteiger partial charge < -0.3 is 5.11 Å². The van der Waals surface area contributed by atoms with Crippen molar-refractivity contribution in [2.24, 2.45) is 5.92 Å². The summed E-state index contributed by atoms with van der Waals surface area (Å²) in [5.41, 5.74) is 0. The number of hydrogen-bond acceptors (Lipinski definition) is 2. The Kier molecular flexibility index (Phi) is 3.53. The lowest BCUT2D eigenvalue weighted by molar-refractivity contribution is 0.168. The Morgan fingerprint density at radius 2 is 2.17 bits per heavy atom. The van der Waals surface area contributed by atoms with Gasteiger partial charge in [-0.3, -0.25) is 4.90 Å². The molecule has 1 rings (SSSR count). The van der Waals surface area contributed by atoms with Crippen LogP contribution in [0.25, 0.3) is 0 Å². The third-order valence-electron chi connectivity index (χ3n) is 2.58. The van der Waals surface area contributed by atoms with Gasteiger partial charge in [-0.25, -0.2) is 0 Å². The van der Waals surface area contributed by atoms with E-state index in [9.17, 15) is 5.11 Å². The average Bonchev–Trinajstić information content (AvgIpc) is 2.29. The van der Waals surface area contributed by atoms with E-state index in [0.717, 1.165) is 19.5 Å². The molecule has 0 aromatic rings. The van der Waals surface area contributed by atoms with Crippen molar-refractivity contribution in [1.82, 2.24) is 4.90 Å². The lowest BCUT2D eigenvalue weighted by Crippen LogP contribution is -2.32. The summed E-state index contributed by atoms with van der Waals surface area (Å²) < 4.78 is 0. The van der Waals surface area contributed by atoms with Crippen LogP contribution in [0.3, 0.4) is 0 Å². The highest BCUT2D eigenvalue weighted by atomic mass is 16.3. The van der Waals surface area contributed by atoms with Crippen LogP contribution in [0.1, 0.15) is 33.6 Å². The number of rotatable bonds is 3. The summed E-state index contributed by atoms with van der Waals surface area (Å²) in [5, 5.41) is 9.47. The van der Waals surface area contributed by atoms with Crippen molar-refractivity contribution in [3.63, 3.8) is 0 Å². The highest BCUT2D eigenvalue weighted by Crippen LogP contribution is 2.21. The Balaban J connectivity index is 2.40. The number of β-amino-alcohol motifs (C(OH)–C–C–N with tert-alkyl or cyclic N) is 1. The van der Waals surface area contributed by atoms with Crippen LogP contribution < -0.4 is 0 Å². The summed E-state index contributed by atoms with van der Waals surface area (Å²) in [6, 6.07) is 0.627. The minimum atomic E-state index is -0.0753. The smallest absolute Gasteiger partial charge is 0.0682 e. The molecule has 0 spiro atoms. The van der Waals surface area contributed by atoms with Crippen molar-refractivity contribution < 1.29 is 5.11 Å². The van der Waals surface area contributed by atoms with Gasteiger partial charge in [0.25, 0.3) is 0 Å². The molecule has 72 valence electrons. The average molecular weight is 171 g/mol. The van der Waals surface area contributed by atoms with Gasteiger partial charge in [-0.15, -0.1) is 0 Å². The molecule has 0 amide bonds. The van der Waals surface area contributed by atoms with Crippen molar-refractivity contribution in [1.29, 1.82) is 0 Å². The largest absolute Gasteiger partial charge is 0.392 e. The molecule has 2 atom stereocenters. The van der Waals surface area contributed by atoms with E-state index in [1.807, 2.05) is 0 Å². The van der Waals surface area contributed by atoms with E-state index in [-0.39, 0.29) is 6.10 Å². The monoisotopic (exact) mass is 171 g/mol. The van der Waals surface area contributed by atoms with Crippen LogP contribution in [0.5, 0.6) is 0 Å². The number of nitrogens with zero attached hydrogens (tertiary/aromatic N) is 1. The van der Waals surface area contributed by atoms with E-state index >= 15 is 0 Å². The third-order valence-corrected chi connectivity index (χ3v) is 2.58. The van der Waals surface area contributed by atoms with Crippen LogP contribution >= 0.6 is 0 Å². The zero-order valence-corrected chi connectivity index (χ0v) is 8.45. The molecule has 0 bridgehead atoms. The fraction of sp³-hybridized carbons (Fsp3) is 1.00. The van der Waals surface area contributed by atoms with Gasteiger partial charge >= 0.3 is 0 Å². The Hall–Kier alpha value is -0.0800. The highest BCUT2D eigenvalue weighted by Gasteiger charge is 2.29. The molecule has 1 aliphatic heterocycles. The molecule has 1 fully saturated rings. The Bertz CT molecular complexity index is 136. The Morgan fingerprint density at radius 3 is 2.67 bits per heavy atom.